The molecule has 0 aromatic carbocycles. The van der Waals surface area contributed by atoms with Crippen LogP contribution in [-0.4, -0.2) is 50.3 Å². The van der Waals surface area contributed by atoms with E-state index in [0.717, 1.165) is 32.2 Å². The van der Waals surface area contributed by atoms with Crippen LogP contribution in [-0.2, 0) is 4.74 Å². The summed E-state index contributed by atoms with van der Waals surface area (Å²) >= 11 is 0. The Kier molecular flexibility index (Phi) is 3.88. The predicted molar refractivity (Wildman–Crippen MR) is 66.6 cm³/mol. The van der Waals surface area contributed by atoms with Crippen LogP contribution < -0.4 is 5.32 Å². The minimum Gasteiger partial charge on any atom is -0.374 e. The van der Waals surface area contributed by atoms with Crippen molar-refractivity contribution in [3.8, 4) is 0 Å². The topological polar surface area (TPSA) is 24.5 Å². The van der Waals surface area contributed by atoms with Crippen molar-refractivity contribution >= 4 is 0 Å². The van der Waals surface area contributed by atoms with Gasteiger partial charge in [-0.15, -0.1) is 0 Å². The SMILES string of the molecule is CC(C)(C)C1CCN(CC2CNCCO2)C1. The monoisotopic (exact) mass is 226 g/mol. The molecule has 0 spiro atoms. The van der Waals surface area contributed by atoms with Crippen LogP contribution in [0.4, 0.5) is 0 Å². The second kappa shape index (κ2) is 5.03. The van der Waals surface area contributed by atoms with Crippen LogP contribution in [0.15, 0.2) is 0 Å². The fraction of sp³-hybridized carbons (Fsp3) is 1.00. The van der Waals surface area contributed by atoms with Crippen LogP contribution in [0, 0.1) is 11.3 Å². The molecule has 0 aliphatic carbocycles. The molecule has 0 bridgehead atoms. The van der Waals surface area contributed by atoms with E-state index in [1.807, 2.05) is 0 Å². The molecule has 2 fully saturated rings. The van der Waals surface area contributed by atoms with Crippen LogP contribution >= 0.6 is 0 Å². The summed E-state index contributed by atoms with van der Waals surface area (Å²) < 4.78 is 5.76. The first-order valence-corrected chi connectivity index (χ1v) is 6.60. The molecule has 0 amide bonds. The van der Waals surface area contributed by atoms with E-state index in [0.29, 0.717) is 11.5 Å². The summed E-state index contributed by atoms with van der Waals surface area (Å²) in [4.78, 5) is 2.58. The van der Waals surface area contributed by atoms with Gasteiger partial charge in [-0.25, -0.2) is 0 Å². The fourth-order valence-corrected chi connectivity index (χ4v) is 2.73. The summed E-state index contributed by atoms with van der Waals surface area (Å²) in [5, 5.41) is 3.40. The van der Waals surface area contributed by atoms with Gasteiger partial charge in [-0.1, -0.05) is 20.8 Å². The highest BCUT2D eigenvalue weighted by molar-refractivity contribution is 4.85. The molecule has 94 valence electrons. The third-order valence-electron chi connectivity index (χ3n) is 3.96. The third kappa shape index (κ3) is 3.19. The van der Waals surface area contributed by atoms with Crippen LogP contribution in [0.3, 0.4) is 0 Å². The molecule has 2 aliphatic heterocycles. The molecule has 0 saturated carbocycles. The Balaban J connectivity index is 1.76. The van der Waals surface area contributed by atoms with E-state index in [4.69, 9.17) is 4.74 Å². The second-order valence-electron chi connectivity index (χ2n) is 6.31. The Morgan fingerprint density at radius 3 is 2.75 bits per heavy atom. The Morgan fingerprint density at radius 1 is 1.38 bits per heavy atom. The number of likely N-dealkylation sites (tertiary alicyclic amines) is 1. The molecule has 0 aromatic heterocycles. The second-order valence-corrected chi connectivity index (χ2v) is 6.31. The van der Waals surface area contributed by atoms with Gasteiger partial charge in [0.05, 0.1) is 12.7 Å². The van der Waals surface area contributed by atoms with Crippen LogP contribution in [0.25, 0.3) is 0 Å². The molecular formula is C13H26N2O. The van der Waals surface area contributed by atoms with Crippen molar-refractivity contribution in [1.82, 2.24) is 10.2 Å². The van der Waals surface area contributed by atoms with Gasteiger partial charge in [-0.3, -0.25) is 0 Å². The summed E-state index contributed by atoms with van der Waals surface area (Å²) in [6.07, 6.45) is 1.76. The highest BCUT2D eigenvalue weighted by atomic mass is 16.5. The van der Waals surface area contributed by atoms with Gasteiger partial charge in [-0.2, -0.15) is 0 Å². The first-order valence-electron chi connectivity index (χ1n) is 6.60. The summed E-state index contributed by atoms with van der Waals surface area (Å²) in [7, 11) is 0. The molecule has 2 unspecified atom stereocenters. The summed E-state index contributed by atoms with van der Waals surface area (Å²) in [5.74, 6) is 0.851. The molecule has 2 saturated heterocycles. The quantitative estimate of drug-likeness (QED) is 0.769. The van der Waals surface area contributed by atoms with Gasteiger partial charge in [-0.05, 0) is 24.3 Å². The Morgan fingerprint density at radius 2 is 2.19 bits per heavy atom. The van der Waals surface area contributed by atoms with Crippen molar-refractivity contribution in [1.29, 1.82) is 0 Å². The number of hydrogen-bond donors (Lipinski definition) is 1. The lowest BCUT2D eigenvalue weighted by molar-refractivity contribution is 0.00819. The molecule has 2 rings (SSSR count). The van der Waals surface area contributed by atoms with E-state index in [1.165, 1.54) is 19.5 Å². The van der Waals surface area contributed by atoms with E-state index in [9.17, 15) is 0 Å². The minimum atomic E-state index is 0.410. The van der Waals surface area contributed by atoms with Gasteiger partial charge in [0, 0.05) is 26.2 Å². The fourth-order valence-electron chi connectivity index (χ4n) is 2.73. The molecule has 2 aliphatic rings. The average Bonchev–Trinajstić information content (AvgIpc) is 2.67. The predicted octanol–water partition coefficient (Wildman–Crippen LogP) is 1.34. The molecule has 0 aromatic rings. The van der Waals surface area contributed by atoms with E-state index < -0.39 is 0 Å². The highest BCUT2D eigenvalue weighted by Crippen LogP contribution is 2.33. The third-order valence-corrected chi connectivity index (χ3v) is 3.96. The van der Waals surface area contributed by atoms with E-state index in [-0.39, 0.29) is 0 Å². The molecule has 2 atom stereocenters. The van der Waals surface area contributed by atoms with Gasteiger partial charge in [0.15, 0.2) is 0 Å². The maximum Gasteiger partial charge on any atom is 0.0826 e. The van der Waals surface area contributed by atoms with Crippen LogP contribution in [0.2, 0.25) is 0 Å². The lowest BCUT2D eigenvalue weighted by Crippen LogP contribution is -2.45. The maximum atomic E-state index is 5.76. The first kappa shape index (κ1) is 12.3. The molecule has 16 heavy (non-hydrogen) atoms. The Bertz CT molecular complexity index is 218. The Labute approximate surface area is 99.5 Å². The number of hydrogen-bond acceptors (Lipinski definition) is 3. The van der Waals surface area contributed by atoms with Crippen molar-refractivity contribution < 1.29 is 4.74 Å². The van der Waals surface area contributed by atoms with Crippen molar-refractivity contribution in [3.05, 3.63) is 0 Å². The lowest BCUT2D eigenvalue weighted by atomic mass is 9.80. The molecule has 3 heteroatoms. The van der Waals surface area contributed by atoms with Gasteiger partial charge >= 0.3 is 0 Å². The molecule has 2 heterocycles. The van der Waals surface area contributed by atoms with Gasteiger partial charge in [0.2, 0.25) is 0 Å². The molecule has 3 nitrogen and oxygen atoms in total. The van der Waals surface area contributed by atoms with Gasteiger partial charge in [0.1, 0.15) is 0 Å². The summed E-state index contributed by atoms with van der Waals surface area (Å²) in [6, 6.07) is 0. The summed E-state index contributed by atoms with van der Waals surface area (Å²) in [5.41, 5.74) is 0.459. The average molecular weight is 226 g/mol. The molecule has 1 N–H and O–H groups in total. The van der Waals surface area contributed by atoms with E-state index in [1.54, 1.807) is 0 Å². The summed E-state index contributed by atoms with van der Waals surface area (Å²) in [6.45, 7) is 13.6. The zero-order valence-corrected chi connectivity index (χ0v) is 11.0. The maximum absolute atomic E-state index is 5.76. The highest BCUT2D eigenvalue weighted by Gasteiger charge is 2.32. The van der Waals surface area contributed by atoms with E-state index >= 15 is 0 Å². The number of nitrogens with zero attached hydrogens (tertiary/aromatic N) is 1. The normalized spacial score (nSPS) is 33.2. The van der Waals surface area contributed by atoms with E-state index in [2.05, 4.69) is 31.0 Å². The molecule has 0 radical (unpaired) electrons. The van der Waals surface area contributed by atoms with Crippen molar-refractivity contribution in [3.63, 3.8) is 0 Å². The molecular weight excluding hydrogens is 200 g/mol. The number of rotatable bonds is 2. The number of ether oxygens (including phenoxy) is 1. The lowest BCUT2D eigenvalue weighted by Gasteiger charge is -2.30. The standard InChI is InChI=1S/C13H26N2O/c1-13(2,3)11-4-6-15(9-11)10-12-8-14-5-7-16-12/h11-12,14H,4-10H2,1-3H3. The van der Waals surface area contributed by atoms with Crippen LogP contribution in [0.1, 0.15) is 27.2 Å². The zero-order valence-electron chi connectivity index (χ0n) is 11.0. The van der Waals surface area contributed by atoms with Crippen molar-refractivity contribution in [2.45, 2.75) is 33.3 Å². The van der Waals surface area contributed by atoms with Crippen LogP contribution in [0.5, 0.6) is 0 Å². The smallest absolute Gasteiger partial charge is 0.0826 e. The number of nitrogens with one attached hydrogen (secondary N) is 1. The first-order chi connectivity index (χ1) is 7.55. The Hall–Kier alpha value is -0.120. The number of morpholine rings is 1. The largest absolute Gasteiger partial charge is 0.374 e. The van der Waals surface area contributed by atoms with Crippen molar-refractivity contribution in [2.24, 2.45) is 11.3 Å². The van der Waals surface area contributed by atoms with Crippen molar-refractivity contribution in [2.75, 3.05) is 39.3 Å². The zero-order chi connectivity index (χ0) is 11.6. The van der Waals surface area contributed by atoms with Gasteiger partial charge in [0.25, 0.3) is 0 Å². The minimum absolute atomic E-state index is 0.410. The van der Waals surface area contributed by atoms with Gasteiger partial charge < -0.3 is 15.0 Å².